The number of rotatable bonds is 3. The summed E-state index contributed by atoms with van der Waals surface area (Å²) in [5.74, 6) is -1.25. The lowest BCUT2D eigenvalue weighted by Crippen LogP contribution is -2.40. The average molecular weight is 344 g/mol. The van der Waals surface area contributed by atoms with Crippen molar-refractivity contribution in [1.82, 2.24) is 10.3 Å². The molecule has 2 heterocycles. The van der Waals surface area contributed by atoms with Gasteiger partial charge in [-0.25, -0.2) is 4.98 Å². The summed E-state index contributed by atoms with van der Waals surface area (Å²) >= 11 is 5.81. The molecule has 1 atom stereocenters. The average Bonchev–Trinajstić information content (AvgIpc) is 2.85. The van der Waals surface area contributed by atoms with E-state index in [1.165, 1.54) is 0 Å². The van der Waals surface area contributed by atoms with Gasteiger partial charge in [0.2, 0.25) is 0 Å². The molecule has 4 nitrogen and oxygen atoms in total. The van der Waals surface area contributed by atoms with Gasteiger partial charge in [-0.05, 0) is 12.5 Å². The Morgan fingerprint density at radius 3 is 2.68 bits per heavy atom. The number of pyridine rings is 1. The summed E-state index contributed by atoms with van der Waals surface area (Å²) in [5, 5.41) is 1.97. The molecule has 0 radical (unpaired) electrons. The zero-order valence-corrected chi connectivity index (χ0v) is 11.8. The van der Waals surface area contributed by atoms with E-state index in [0.29, 0.717) is 19.2 Å². The van der Waals surface area contributed by atoms with Crippen LogP contribution in [0.3, 0.4) is 0 Å². The van der Waals surface area contributed by atoms with Gasteiger partial charge in [-0.3, -0.25) is 4.79 Å². The highest BCUT2D eigenvalue weighted by molar-refractivity contribution is 6.33. The topological polar surface area (TPSA) is 45.2 Å². The summed E-state index contributed by atoms with van der Waals surface area (Å²) in [4.78, 5) is 16.1. The number of aromatic nitrogens is 1. The summed E-state index contributed by atoms with van der Waals surface area (Å²) in [6.45, 7) is 0.489. The van der Waals surface area contributed by atoms with E-state index < -0.39 is 30.1 Å². The minimum absolute atomic E-state index is 0.128. The van der Waals surface area contributed by atoms with Crippen molar-refractivity contribution < 1.29 is 26.7 Å². The molecule has 10 heteroatoms. The number of carbonyl (C=O) groups excluding carboxylic acids is 1. The second-order valence-corrected chi connectivity index (χ2v) is 5.18. The first-order chi connectivity index (χ1) is 10.2. The van der Waals surface area contributed by atoms with Crippen molar-refractivity contribution in [3.05, 3.63) is 22.8 Å². The Kier molecular flexibility index (Phi) is 4.74. The second kappa shape index (κ2) is 6.23. The van der Waals surface area contributed by atoms with Gasteiger partial charge in [0.1, 0.15) is 5.82 Å². The fourth-order valence-electron chi connectivity index (χ4n) is 2.15. The maximum absolute atomic E-state index is 12.5. The lowest BCUT2D eigenvalue weighted by molar-refractivity contribution is -0.137. The third kappa shape index (κ3) is 3.76. The van der Waals surface area contributed by atoms with Crippen LogP contribution in [0.2, 0.25) is 5.02 Å². The van der Waals surface area contributed by atoms with Gasteiger partial charge in [-0.15, -0.1) is 0 Å². The lowest BCUT2D eigenvalue weighted by Gasteiger charge is -2.20. The van der Waals surface area contributed by atoms with Crippen molar-refractivity contribution >= 4 is 23.3 Å². The van der Waals surface area contributed by atoms with Gasteiger partial charge in [-0.1, -0.05) is 11.6 Å². The maximum atomic E-state index is 12.5. The van der Waals surface area contributed by atoms with Crippen LogP contribution in [0.15, 0.2) is 12.3 Å². The van der Waals surface area contributed by atoms with E-state index in [2.05, 4.69) is 10.3 Å². The van der Waals surface area contributed by atoms with Crippen LogP contribution < -0.4 is 10.2 Å². The highest BCUT2D eigenvalue weighted by Crippen LogP contribution is 2.34. The molecule has 0 saturated carbocycles. The molecule has 2 rings (SSSR count). The van der Waals surface area contributed by atoms with Crippen LogP contribution >= 0.6 is 11.6 Å². The molecule has 1 amide bonds. The zero-order chi connectivity index (χ0) is 16.5. The first-order valence-corrected chi connectivity index (χ1v) is 6.62. The van der Waals surface area contributed by atoms with E-state index in [9.17, 15) is 26.7 Å². The summed E-state index contributed by atoms with van der Waals surface area (Å²) in [6, 6.07) is 0.233. The predicted molar refractivity (Wildman–Crippen MR) is 69.0 cm³/mol. The van der Waals surface area contributed by atoms with Crippen LogP contribution in [-0.4, -0.2) is 36.4 Å². The van der Waals surface area contributed by atoms with E-state index in [0.717, 1.165) is 6.07 Å². The Labute approximate surface area is 127 Å². The third-order valence-corrected chi connectivity index (χ3v) is 3.46. The number of hydrogen-bond acceptors (Lipinski definition) is 3. The number of carbonyl (C=O) groups is 1. The van der Waals surface area contributed by atoms with Gasteiger partial charge in [0.05, 0.1) is 10.6 Å². The van der Waals surface area contributed by atoms with Crippen molar-refractivity contribution in [3.63, 3.8) is 0 Å². The Morgan fingerprint density at radius 1 is 1.45 bits per heavy atom. The van der Waals surface area contributed by atoms with Crippen LogP contribution in [0.25, 0.3) is 0 Å². The van der Waals surface area contributed by atoms with Crippen LogP contribution in [0.5, 0.6) is 0 Å². The Bertz CT molecular complexity index is 566. The van der Waals surface area contributed by atoms with Crippen molar-refractivity contribution in [3.8, 4) is 0 Å². The van der Waals surface area contributed by atoms with E-state index in [1.807, 2.05) is 0 Å². The van der Waals surface area contributed by atoms with Crippen LogP contribution in [0, 0.1) is 0 Å². The molecule has 1 aromatic rings. The van der Waals surface area contributed by atoms with Gasteiger partial charge >= 0.3 is 12.6 Å². The van der Waals surface area contributed by atoms with Crippen molar-refractivity contribution in [2.24, 2.45) is 0 Å². The molecular weight excluding hydrogens is 333 g/mol. The van der Waals surface area contributed by atoms with Crippen LogP contribution in [0.1, 0.15) is 12.0 Å². The smallest absolute Gasteiger partial charge is 0.353 e. The van der Waals surface area contributed by atoms with Gasteiger partial charge in [0.25, 0.3) is 5.91 Å². The maximum Gasteiger partial charge on any atom is 0.417 e. The summed E-state index contributed by atoms with van der Waals surface area (Å²) < 4.78 is 61.9. The largest absolute Gasteiger partial charge is 0.417 e. The highest BCUT2D eigenvalue weighted by atomic mass is 35.5. The van der Waals surface area contributed by atoms with Gasteiger partial charge in [0, 0.05) is 25.3 Å². The Morgan fingerprint density at radius 2 is 2.14 bits per heavy atom. The molecular formula is C12H11ClF5N3O. The Hall–Kier alpha value is -1.64. The fourth-order valence-corrected chi connectivity index (χ4v) is 2.44. The Balaban J connectivity index is 2.06. The van der Waals surface area contributed by atoms with Crippen LogP contribution in [-0.2, 0) is 11.0 Å². The standard InChI is InChI=1S/C12H11ClF5N3O/c13-8-3-6(12(16,17)18)4-19-10(8)21-2-1-7(5-21)20-11(22)9(14)15/h3-4,7,9H,1-2,5H2,(H,20,22)/t7-/m1/s1. The molecule has 1 aliphatic heterocycles. The minimum atomic E-state index is -4.55. The fraction of sp³-hybridized carbons (Fsp3) is 0.500. The van der Waals surface area contributed by atoms with E-state index >= 15 is 0 Å². The molecule has 1 aromatic heterocycles. The number of anilines is 1. The number of halogens is 6. The van der Waals surface area contributed by atoms with Gasteiger partial charge in [-0.2, -0.15) is 22.0 Å². The molecule has 1 N–H and O–H groups in total. The summed E-state index contributed by atoms with van der Waals surface area (Å²) in [5.41, 5.74) is -0.969. The van der Waals surface area contributed by atoms with E-state index in [-0.39, 0.29) is 17.4 Å². The molecule has 0 aromatic carbocycles. The van der Waals surface area contributed by atoms with Gasteiger partial charge < -0.3 is 10.2 Å². The van der Waals surface area contributed by atoms with Crippen LogP contribution in [0.4, 0.5) is 27.8 Å². The van der Waals surface area contributed by atoms with Crippen molar-refractivity contribution in [2.45, 2.75) is 25.1 Å². The predicted octanol–water partition coefficient (Wildman–Crippen LogP) is 2.71. The monoisotopic (exact) mass is 343 g/mol. The summed E-state index contributed by atoms with van der Waals surface area (Å²) in [6.07, 6.45) is -6.63. The van der Waals surface area contributed by atoms with Gasteiger partial charge in [0.15, 0.2) is 0 Å². The highest BCUT2D eigenvalue weighted by Gasteiger charge is 2.33. The van der Waals surface area contributed by atoms with Crippen molar-refractivity contribution in [2.75, 3.05) is 18.0 Å². The molecule has 1 saturated heterocycles. The molecule has 1 fully saturated rings. The molecule has 0 aliphatic carbocycles. The number of amides is 1. The summed E-state index contributed by atoms with van der Waals surface area (Å²) in [7, 11) is 0. The SMILES string of the molecule is O=C(N[C@@H]1CCN(c2ncc(C(F)(F)F)cc2Cl)C1)C(F)F. The number of nitrogens with zero attached hydrogens (tertiary/aromatic N) is 2. The first kappa shape index (κ1) is 16.7. The number of alkyl halides is 5. The molecule has 122 valence electrons. The molecule has 0 unspecified atom stereocenters. The first-order valence-electron chi connectivity index (χ1n) is 6.24. The zero-order valence-electron chi connectivity index (χ0n) is 11.0. The molecule has 1 aliphatic rings. The number of nitrogens with one attached hydrogen (secondary N) is 1. The minimum Gasteiger partial charge on any atom is -0.353 e. The van der Waals surface area contributed by atoms with E-state index in [1.54, 1.807) is 4.90 Å². The molecule has 0 spiro atoms. The van der Waals surface area contributed by atoms with E-state index in [4.69, 9.17) is 11.6 Å². The third-order valence-electron chi connectivity index (χ3n) is 3.18. The normalized spacial score (nSPS) is 18.9. The molecule has 22 heavy (non-hydrogen) atoms. The number of hydrogen-bond donors (Lipinski definition) is 1. The van der Waals surface area contributed by atoms with Crippen molar-refractivity contribution in [1.29, 1.82) is 0 Å². The second-order valence-electron chi connectivity index (χ2n) is 4.77. The molecule has 0 bridgehead atoms. The lowest BCUT2D eigenvalue weighted by atomic mass is 10.2. The quantitative estimate of drug-likeness (QED) is 0.858.